The highest BCUT2D eigenvalue weighted by atomic mass is 16.4. The van der Waals surface area contributed by atoms with Gasteiger partial charge in [0.1, 0.15) is 5.57 Å². The first-order valence-corrected chi connectivity index (χ1v) is 4.50. The van der Waals surface area contributed by atoms with Crippen LogP contribution in [0.5, 0.6) is 0 Å². The van der Waals surface area contributed by atoms with E-state index in [1.54, 1.807) is 18.2 Å². The van der Waals surface area contributed by atoms with Crippen LogP contribution < -0.4 is 0 Å². The zero-order valence-electron chi connectivity index (χ0n) is 8.60. The van der Waals surface area contributed by atoms with Gasteiger partial charge in [0, 0.05) is 0 Å². The molecule has 0 aromatic heterocycles. The number of benzene rings is 1. The average Bonchev–Trinajstić information content (AvgIpc) is 2.25. The molecular weight excluding hydrogens is 206 g/mol. The fraction of sp³-hybridized carbons (Fsp3) is 0.0833. The summed E-state index contributed by atoms with van der Waals surface area (Å²) in [5, 5.41) is 17.4. The molecule has 0 saturated carbocycles. The van der Waals surface area contributed by atoms with E-state index in [0.29, 0.717) is 11.1 Å². The summed E-state index contributed by atoms with van der Waals surface area (Å²) in [4.78, 5) is 21.8. The topological polar surface area (TPSA) is 78.2 Å². The highest BCUT2D eigenvalue weighted by Crippen LogP contribution is 2.10. The Bertz CT molecular complexity index is 493. The number of carboxylic acids is 1. The Labute approximate surface area is 92.4 Å². The fourth-order valence-electron chi connectivity index (χ4n) is 1.18. The van der Waals surface area contributed by atoms with Crippen molar-refractivity contribution in [1.29, 1.82) is 5.26 Å². The summed E-state index contributed by atoms with van der Waals surface area (Å²) >= 11 is 0. The molecule has 0 fully saturated rings. The number of nitriles is 1. The predicted octanol–water partition coefficient (Wildman–Crippen LogP) is 1.62. The van der Waals surface area contributed by atoms with Gasteiger partial charge in [-0.1, -0.05) is 12.1 Å². The van der Waals surface area contributed by atoms with Crippen molar-refractivity contribution in [3.05, 3.63) is 41.0 Å². The van der Waals surface area contributed by atoms with Gasteiger partial charge in [-0.25, -0.2) is 4.79 Å². The van der Waals surface area contributed by atoms with Gasteiger partial charge in [0.25, 0.3) is 0 Å². The molecule has 16 heavy (non-hydrogen) atoms. The normalized spacial score (nSPS) is 10.6. The molecule has 0 radical (unpaired) electrons. The van der Waals surface area contributed by atoms with Gasteiger partial charge in [0.15, 0.2) is 5.78 Å². The van der Waals surface area contributed by atoms with E-state index in [1.807, 2.05) is 6.07 Å². The lowest BCUT2D eigenvalue weighted by molar-refractivity contribution is -0.134. The van der Waals surface area contributed by atoms with Crippen LogP contribution in [-0.4, -0.2) is 16.9 Å². The minimum Gasteiger partial charge on any atom is -0.478 e. The van der Waals surface area contributed by atoms with Crippen molar-refractivity contribution in [3.8, 4) is 6.07 Å². The number of ketones is 1. The Kier molecular flexibility index (Phi) is 3.57. The monoisotopic (exact) mass is 215 g/mol. The molecule has 1 rings (SSSR count). The molecule has 4 heteroatoms. The maximum absolute atomic E-state index is 11.0. The number of carbonyl (C=O) groups excluding carboxylic acids is 1. The van der Waals surface area contributed by atoms with Gasteiger partial charge < -0.3 is 5.11 Å². The number of carbonyl (C=O) groups is 2. The lowest BCUT2D eigenvalue weighted by Crippen LogP contribution is -2.08. The number of nitrogens with zero attached hydrogens (tertiary/aromatic N) is 1. The summed E-state index contributed by atoms with van der Waals surface area (Å²) in [5.41, 5.74) is 0.642. The van der Waals surface area contributed by atoms with Crippen LogP contribution in [0.25, 0.3) is 6.08 Å². The summed E-state index contributed by atoms with van der Waals surface area (Å²) in [5.74, 6) is -1.79. The first kappa shape index (κ1) is 11.7. The van der Waals surface area contributed by atoms with Gasteiger partial charge in [-0.05, 0) is 30.7 Å². The summed E-state index contributed by atoms with van der Waals surface area (Å²) in [6.07, 6.45) is 1.26. The van der Waals surface area contributed by atoms with Gasteiger partial charge in [0.2, 0.25) is 0 Å². The van der Waals surface area contributed by atoms with Crippen molar-refractivity contribution >= 4 is 17.8 Å². The smallest absolute Gasteiger partial charge is 0.339 e. The van der Waals surface area contributed by atoms with Crippen LogP contribution in [0.4, 0.5) is 0 Å². The molecular formula is C12H9NO3. The second-order valence-electron chi connectivity index (χ2n) is 3.16. The van der Waals surface area contributed by atoms with Gasteiger partial charge in [0.05, 0.1) is 11.6 Å². The number of hydrogen-bond donors (Lipinski definition) is 1. The fourth-order valence-corrected chi connectivity index (χ4v) is 1.18. The van der Waals surface area contributed by atoms with E-state index in [1.165, 1.54) is 19.1 Å². The molecule has 0 aliphatic carbocycles. The predicted molar refractivity (Wildman–Crippen MR) is 57.5 cm³/mol. The molecule has 1 N–H and O–H groups in total. The number of carboxylic acid groups (broad SMARTS) is 1. The Morgan fingerprint density at radius 1 is 1.44 bits per heavy atom. The van der Waals surface area contributed by atoms with Gasteiger partial charge in [-0.2, -0.15) is 5.26 Å². The van der Waals surface area contributed by atoms with Crippen LogP contribution in [0.15, 0.2) is 29.8 Å². The van der Waals surface area contributed by atoms with Crippen LogP contribution in [0.3, 0.4) is 0 Å². The Balaban J connectivity index is 3.19. The lowest BCUT2D eigenvalue weighted by atomic mass is 10.1. The quantitative estimate of drug-likeness (QED) is 0.472. The minimum absolute atomic E-state index is 0.296. The molecule has 1 aromatic carbocycles. The second-order valence-corrected chi connectivity index (χ2v) is 3.16. The van der Waals surface area contributed by atoms with Crippen LogP contribution in [-0.2, 0) is 9.59 Å². The van der Waals surface area contributed by atoms with E-state index < -0.39 is 11.8 Å². The second kappa shape index (κ2) is 4.89. The molecule has 0 heterocycles. The van der Waals surface area contributed by atoms with Crippen LogP contribution >= 0.6 is 0 Å². The minimum atomic E-state index is -1.27. The third kappa shape index (κ3) is 2.79. The van der Waals surface area contributed by atoms with Crippen molar-refractivity contribution < 1.29 is 14.7 Å². The third-order valence-electron chi connectivity index (χ3n) is 1.94. The molecule has 0 aliphatic rings. The van der Waals surface area contributed by atoms with E-state index in [-0.39, 0.29) is 5.57 Å². The Morgan fingerprint density at radius 2 is 2.12 bits per heavy atom. The standard InChI is InChI=1S/C12H9NO3/c1-8(14)11(12(15)16)6-9-3-2-4-10(5-9)7-13/h2-6H,1H3,(H,15,16)/b11-6+. The molecule has 0 unspecified atom stereocenters. The van der Waals surface area contributed by atoms with Crippen LogP contribution in [0.2, 0.25) is 0 Å². The maximum Gasteiger partial charge on any atom is 0.339 e. The zero-order valence-corrected chi connectivity index (χ0v) is 8.60. The largest absolute Gasteiger partial charge is 0.478 e. The van der Waals surface area contributed by atoms with Gasteiger partial charge in [-0.3, -0.25) is 4.79 Å². The molecule has 0 spiro atoms. The van der Waals surface area contributed by atoms with Crippen molar-refractivity contribution in [3.63, 3.8) is 0 Å². The SMILES string of the molecule is CC(=O)/C(=C\c1cccc(C#N)c1)C(=O)O. The molecule has 4 nitrogen and oxygen atoms in total. The van der Waals surface area contributed by atoms with Crippen molar-refractivity contribution in [2.45, 2.75) is 6.92 Å². The number of rotatable bonds is 3. The van der Waals surface area contributed by atoms with Crippen molar-refractivity contribution in [1.82, 2.24) is 0 Å². The highest BCUT2D eigenvalue weighted by Gasteiger charge is 2.12. The first-order chi connectivity index (χ1) is 7.54. The molecule has 0 atom stereocenters. The lowest BCUT2D eigenvalue weighted by Gasteiger charge is -1.98. The maximum atomic E-state index is 11.0. The van der Waals surface area contributed by atoms with E-state index in [0.717, 1.165) is 0 Å². The molecule has 0 bridgehead atoms. The molecule has 0 amide bonds. The highest BCUT2D eigenvalue weighted by molar-refractivity contribution is 6.19. The molecule has 1 aromatic rings. The Morgan fingerprint density at radius 3 is 2.62 bits per heavy atom. The van der Waals surface area contributed by atoms with Crippen LogP contribution in [0, 0.1) is 11.3 Å². The summed E-state index contributed by atoms with van der Waals surface area (Å²) in [6.45, 7) is 1.19. The number of hydrogen-bond acceptors (Lipinski definition) is 3. The number of aliphatic carboxylic acids is 1. The van der Waals surface area contributed by atoms with E-state index in [9.17, 15) is 9.59 Å². The summed E-state index contributed by atoms with van der Waals surface area (Å²) < 4.78 is 0. The Hall–Kier alpha value is -2.41. The van der Waals surface area contributed by atoms with Gasteiger partial charge >= 0.3 is 5.97 Å². The first-order valence-electron chi connectivity index (χ1n) is 4.50. The molecule has 0 saturated heterocycles. The summed E-state index contributed by atoms with van der Waals surface area (Å²) in [7, 11) is 0. The molecule has 0 aliphatic heterocycles. The van der Waals surface area contributed by atoms with Crippen molar-refractivity contribution in [2.24, 2.45) is 0 Å². The van der Waals surface area contributed by atoms with Crippen molar-refractivity contribution in [2.75, 3.05) is 0 Å². The zero-order chi connectivity index (χ0) is 12.1. The van der Waals surface area contributed by atoms with E-state index >= 15 is 0 Å². The van der Waals surface area contributed by atoms with E-state index in [4.69, 9.17) is 10.4 Å². The summed E-state index contributed by atoms with van der Waals surface area (Å²) in [6, 6.07) is 8.32. The van der Waals surface area contributed by atoms with Crippen LogP contribution in [0.1, 0.15) is 18.1 Å². The van der Waals surface area contributed by atoms with E-state index in [2.05, 4.69) is 0 Å². The average molecular weight is 215 g/mol. The molecule has 80 valence electrons. The number of Topliss-reactive ketones (excluding diaryl/α,β-unsaturated/α-hetero) is 1. The van der Waals surface area contributed by atoms with Gasteiger partial charge in [-0.15, -0.1) is 0 Å². The third-order valence-corrected chi connectivity index (χ3v) is 1.94.